The van der Waals surface area contributed by atoms with Crippen molar-refractivity contribution in [3.8, 4) is 5.75 Å². The molecule has 0 saturated heterocycles. The molecule has 1 rings (SSSR count). The zero-order valence-electron chi connectivity index (χ0n) is 8.18. The molecule has 14 heavy (non-hydrogen) atoms. The van der Waals surface area contributed by atoms with Gasteiger partial charge in [0.25, 0.3) is 0 Å². The van der Waals surface area contributed by atoms with Gasteiger partial charge < -0.3 is 19.5 Å². The fraction of sp³-hybridized carbons (Fsp3) is 0.222. The fourth-order valence-electron chi connectivity index (χ4n) is 0.621. The molecule has 0 aliphatic heterocycles. The lowest BCUT2D eigenvalue weighted by Gasteiger charge is -2.01. The first-order chi connectivity index (χ1) is 6.52. The lowest BCUT2D eigenvalue weighted by molar-refractivity contribution is -0.114. The van der Waals surface area contributed by atoms with E-state index in [-0.39, 0.29) is 5.78 Å². The number of benzene rings is 1. The van der Waals surface area contributed by atoms with Crippen LogP contribution in [0, 0.1) is 0 Å². The predicted octanol–water partition coefficient (Wildman–Crippen LogP) is 0.630. The minimum atomic E-state index is -1.73. The zero-order valence-corrected chi connectivity index (χ0v) is 8.18. The van der Waals surface area contributed by atoms with Gasteiger partial charge in [0.1, 0.15) is 11.5 Å². The summed E-state index contributed by atoms with van der Waals surface area (Å²) in [6.07, 6.45) is 0. The van der Waals surface area contributed by atoms with Crippen LogP contribution in [-0.4, -0.2) is 23.2 Å². The maximum Gasteiger partial charge on any atom is 0.707 e. The monoisotopic (exact) mass is 196 g/mol. The average molecular weight is 196 g/mol. The summed E-state index contributed by atoms with van der Waals surface area (Å²) < 4.78 is 4.53. The molecule has 0 amide bonds. The lowest BCUT2D eigenvalue weighted by Crippen LogP contribution is -2.20. The Balaban J connectivity index is 0.000000364. The molecule has 0 fully saturated rings. The van der Waals surface area contributed by atoms with E-state index in [2.05, 4.69) is 4.65 Å². The Morgan fingerprint density at radius 1 is 1.21 bits per heavy atom. The first-order valence-electron chi connectivity index (χ1n) is 4.07. The molecular weight excluding hydrogens is 183 g/mol. The van der Waals surface area contributed by atoms with Crippen molar-refractivity contribution in [2.45, 2.75) is 13.8 Å². The maximum atomic E-state index is 9.44. The van der Waals surface area contributed by atoms with E-state index in [0.29, 0.717) is 5.75 Å². The molecule has 1 aromatic rings. The highest BCUT2D eigenvalue weighted by atomic mass is 16.6. The van der Waals surface area contributed by atoms with E-state index in [4.69, 9.17) is 10.0 Å². The second-order valence-electron chi connectivity index (χ2n) is 2.67. The number of para-hydroxylation sites is 1. The highest BCUT2D eigenvalue weighted by Gasteiger charge is 2.09. The topological polar surface area (TPSA) is 66.8 Å². The van der Waals surface area contributed by atoms with Crippen molar-refractivity contribution < 1.29 is 19.5 Å². The molecule has 0 spiro atoms. The Kier molecular flexibility index (Phi) is 6.44. The van der Waals surface area contributed by atoms with E-state index in [1.54, 1.807) is 24.3 Å². The van der Waals surface area contributed by atoms with Crippen LogP contribution in [0.2, 0.25) is 0 Å². The number of hydrogen-bond acceptors (Lipinski definition) is 4. The molecule has 0 aliphatic carbocycles. The van der Waals surface area contributed by atoms with Gasteiger partial charge in [-0.2, -0.15) is 0 Å². The summed E-state index contributed by atoms with van der Waals surface area (Å²) in [7, 11) is -1.73. The number of carbonyl (C=O) groups is 1. The van der Waals surface area contributed by atoms with Gasteiger partial charge in [0.2, 0.25) is 0 Å². The van der Waals surface area contributed by atoms with Gasteiger partial charge in [0.05, 0.1) is 0 Å². The number of carbonyl (C=O) groups excluding carboxylic acids is 1. The highest BCUT2D eigenvalue weighted by Crippen LogP contribution is 2.07. The SMILES string of the molecule is CC(C)=O.OB(O)Oc1ccccc1. The van der Waals surface area contributed by atoms with Gasteiger partial charge >= 0.3 is 7.32 Å². The molecule has 0 atom stereocenters. The number of ketones is 1. The van der Waals surface area contributed by atoms with Crippen molar-refractivity contribution in [3.63, 3.8) is 0 Å². The molecule has 0 radical (unpaired) electrons. The summed E-state index contributed by atoms with van der Waals surface area (Å²) in [5.74, 6) is 0.609. The molecular formula is C9H13BO4. The maximum absolute atomic E-state index is 9.44. The quantitative estimate of drug-likeness (QED) is 0.680. The van der Waals surface area contributed by atoms with Crippen molar-refractivity contribution in [3.05, 3.63) is 30.3 Å². The summed E-state index contributed by atoms with van der Waals surface area (Å²) in [6, 6.07) is 8.59. The summed E-state index contributed by atoms with van der Waals surface area (Å²) in [5.41, 5.74) is 0. The number of hydrogen-bond donors (Lipinski definition) is 2. The van der Waals surface area contributed by atoms with Crippen LogP contribution in [0.3, 0.4) is 0 Å². The van der Waals surface area contributed by atoms with E-state index in [1.165, 1.54) is 13.8 Å². The van der Waals surface area contributed by atoms with Gasteiger partial charge in [-0.15, -0.1) is 0 Å². The second-order valence-corrected chi connectivity index (χ2v) is 2.67. The first kappa shape index (κ1) is 12.7. The van der Waals surface area contributed by atoms with Crippen molar-refractivity contribution in [2.24, 2.45) is 0 Å². The Morgan fingerprint density at radius 3 is 2.00 bits per heavy atom. The Hall–Kier alpha value is -1.33. The molecule has 0 unspecified atom stereocenters. The average Bonchev–Trinajstić information content (AvgIpc) is 2.03. The van der Waals surface area contributed by atoms with Gasteiger partial charge in [-0.3, -0.25) is 0 Å². The van der Waals surface area contributed by atoms with Crippen molar-refractivity contribution in [1.82, 2.24) is 0 Å². The van der Waals surface area contributed by atoms with E-state index in [0.717, 1.165) is 0 Å². The third-order valence-corrected chi connectivity index (χ3v) is 0.985. The lowest BCUT2D eigenvalue weighted by atomic mass is 10.2. The first-order valence-corrected chi connectivity index (χ1v) is 4.07. The van der Waals surface area contributed by atoms with Gasteiger partial charge in [-0.05, 0) is 26.0 Å². The van der Waals surface area contributed by atoms with E-state index in [1.807, 2.05) is 6.07 Å². The normalized spacial score (nSPS) is 8.29. The smallest absolute Gasteiger partial charge is 0.512 e. The molecule has 0 heterocycles. The van der Waals surface area contributed by atoms with Crippen LogP contribution in [0.1, 0.15) is 13.8 Å². The van der Waals surface area contributed by atoms with Gasteiger partial charge in [-0.1, -0.05) is 18.2 Å². The molecule has 1 aromatic carbocycles. The van der Waals surface area contributed by atoms with Crippen LogP contribution in [0.15, 0.2) is 30.3 Å². The van der Waals surface area contributed by atoms with Crippen LogP contribution in [-0.2, 0) is 4.79 Å². The largest absolute Gasteiger partial charge is 0.707 e. The molecule has 5 heteroatoms. The van der Waals surface area contributed by atoms with Crippen molar-refractivity contribution in [2.75, 3.05) is 0 Å². The molecule has 4 nitrogen and oxygen atoms in total. The van der Waals surface area contributed by atoms with Crippen LogP contribution < -0.4 is 4.65 Å². The van der Waals surface area contributed by atoms with Crippen LogP contribution in [0.5, 0.6) is 5.75 Å². The third kappa shape index (κ3) is 8.77. The van der Waals surface area contributed by atoms with Gasteiger partial charge in [0, 0.05) is 0 Å². The number of rotatable bonds is 2. The van der Waals surface area contributed by atoms with E-state index in [9.17, 15) is 4.79 Å². The standard InChI is InChI=1S/C6H7BO3.C3H6O/c8-7(9)10-6-4-2-1-3-5-6;1-3(2)4/h1-5,8-9H;1-2H3. The predicted molar refractivity (Wildman–Crippen MR) is 53.6 cm³/mol. The zero-order chi connectivity index (χ0) is 11.0. The van der Waals surface area contributed by atoms with Gasteiger partial charge in [0.15, 0.2) is 0 Å². The Morgan fingerprint density at radius 2 is 1.64 bits per heavy atom. The summed E-state index contributed by atoms with van der Waals surface area (Å²) in [5, 5.41) is 16.7. The minimum absolute atomic E-state index is 0.167. The second kappa shape index (κ2) is 7.11. The molecule has 0 saturated carbocycles. The van der Waals surface area contributed by atoms with E-state index < -0.39 is 7.32 Å². The molecule has 0 aromatic heterocycles. The van der Waals surface area contributed by atoms with Crippen molar-refractivity contribution >= 4 is 13.1 Å². The Bertz CT molecular complexity index is 257. The minimum Gasteiger partial charge on any atom is -0.512 e. The fourth-order valence-corrected chi connectivity index (χ4v) is 0.621. The van der Waals surface area contributed by atoms with Crippen LogP contribution >= 0.6 is 0 Å². The summed E-state index contributed by atoms with van der Waals surface area (Å²) >= 11 is 0. The molecule has 76 valence electrons. The van der Waals surface area contributed by atoms with Crippen LogP contribution in [0.4, 0.5) is 0 Å². The van der Waals surface area contributed by atoms with E-state index >= 15 is 0 Å². The van der Waals surface area contributed by atoms with Crippen molar-refractivity contribution in [1.29, 1.82) is 0 Å². The molecule has 0 aliphatic rings. The summed E-state index contributed by atoms with van der Waals surface area (Å²) in [6.45, 7) is 3.06. The number of Topliss-reactive ketones (excluding diaryl/α,β-unsaturated/α-hetero) is 1. The molecule has 0 bridgehead atoms. The third-order valence-electron chi connectivity index (χ3n) is 0.985. The van der Waals surface area contributed by atoms with Gasteiger partial charge in [-0.25, -0.2) is 0 Å². The molecule has 2 N–H and O–H groups in total. The van der Waals surface area contributed by atoms with Crippen LogP contribution in [0.25, 0.3) is 0 Å². The summed E-state index contributed by atoms with van der Waals surface area (Å²) in [4.78, 5) is 9.44. The highest BCUT2D eigenvalue weighted by molar-refractivity contribution is 6.33. The Labute approximate surface area is 83.3 Å².